The summed E-state index contributed by atoms with van der Waals surface area (Å²) in [6, 6.07) is 5.09. The number of hydrogen-bond donors (Lipinski definition) is 4. The highest BCUT2D eigenvalue weighted by atomic mass is 35.5. The molecule has 0 amide bonds. The molecule has 1 fully saturated rings. The largest absolute Gasteiger partial charge is 0.443 e. The van der Waals surface area contributed by atoms with E-state index in [2.05, 4.69) is 10.2 Å². The first-order valence-electron chi connectivity index (χ1n) is 8.22. The number of aromatic nitrogens is 2. The number of alkyl halides is 1. The van der Waals surface area contributed by atoms with Gasteiger partial charge in [0.25, 0.3) is 0 Å². The molecule has 148 valence electrons. The second-order valence-corrected chi connectivity index (χ2v) is 7.16. The molecule has 7 nitrogen and oxygen atoms in total. The fraction of sp³-hybridized carbons (Fsp3) is 0.471. The van der Waals surface area contributed by atoms with Crippen molar-refractivity contribution < 1.29 is 29.2 Å². The van der Waals surface area contributed by atoms with Crippen LogP contribution in [0.4, 0.5) is 4.39 Å². The average Bonchev–Trinajstić information content (AvgIpc) is 2.97. The Morgan fingerprint density at radius 1 is 1.30 bits per heavy atom. The number of aryl methyl sites for hydroxylation is 1. The lowest BCUT2D eigenvalue weighted by atomic mass is 10.0. The average molecular weight is 421 g/mol. The maximum Gasteiger partial charge on any atom is 0.238 e. The second kappa shape index (κ2) is 8.30. The number of hydrogen-bond acceptors (Lipinski definition) is 6. The molecule has 0 aliphatic carbocycles. The molecular formula is C17H19Cl2FN2O5. The fourth-order valence-corrected chi connectivity index (χ4v) is 3.31. The van der Waals surface area contributed by atoms with Crippen LogP contribution in [0.15, 0.2) is 18.2 Å². The second-order valence-electron chi connectivity index (χ2n) is 6.31. The SMILES string of the molecule is Cc1[nH]nc(OC2OC(CO)C(F)[C@H](O)C2O)c1Cc1ccc(Cl)cc1Cl. The number of nitrogens with zero attached hydrogens (tertiary/aromatic N) is 1. The molecule has 4 unspecified atom stereocenters. The topological polar surface area (TPSA) is 108 Å². The normalized spacial score (nSPS) is 28.3. The van der Waals surface area contributed by atoms with Gasteiger partial charge >= 0.3 is 0 Å². The van der Waals surface area contributed by atoms with Crippen LogP contribution in [-0.4, -0.2) is 62.9 Å². The van der Waals surface area contributed by atoms with Crippen molar-refractivity contribution in [2.24, 2.45) is 0 Å². The molecule has 1 saturated heterocycles. The number of H-pyrrole nitrogens is 1. The van der Waals surface area contributed by atoms with Crippen molar-refractivity contribution in [3.63, 3.8) is 0 Å². The van der Waals surface area contributed by atoms with Gasteiger partial charge in [-0.3, -0.25) is 5.10 Å². The van der Waals surface area contributed by atoms with Gasteiger partial charge in [0, 0.05) is 27.7 Å². The van der Waals surface area contributed by atoms with Crippen LogP contribution >= 0.6 is 23.2 Å². The van der Waals surface area contributed by atoms with E-state index in [4.69, 9.17) is 32.7 Å². The van der Waals surface area contributed by atoms with Gasteiger partial charge in [-0.2, -0.15) is 0 Å². The lowest BCUT2D eigenvalue weighted by Crippen LogP contribution is -2.58. The van der Waals surface area contributed by atoms with E-state index in [-0.39, 0.29) is 5.88 Å². The Hall–Kier alpha value is -1.42. The molecular weight excluding hydrogens is 402 g/mol. The first kappa shape index (κ1) is 20.3. The molecule has 1 aliphatic heterocycles. The van der Waals surface area contributed by atoms with E-state index in [9.17, 15) is 19.7 Å². The van der Waals surface area contributed by atoms with Gasteiger partial charge in [-0.05, 0) is 24.6 Å². The maximum atomic E-state index is 13.9. The standard InChI is InChI=1S/C17H19Cl2FN2O5/c1-7-10(4-8-2-3-9(18)5-11(8)19)16(22-21-7)27-17-15(25)14(24)13(20)12(6-23)26-17/h2-3,5,12-15,17,23-25H,4,6H2,1H3,(H,21,22)/t12?,13?,14-,15?,17?/m0/s1. The van der Waals surface area contributed by atoms with E-state index in [1.807, 2.05) is 0 Å². The van der Waals surface area contributed by atoms with Crippen LogP contribution in [0.5, 0.6) is 5.88 Å². The molecule has 27 heavy (non-hydrogen) atoms. The third-order valence-corrected chi connectivity index (χ3v) is 5.03. The van der Waals surface area contributed by atoms with Gasteiger partial charge in [0.15, 0.2) is 6.17 Å². The Bertz CT molecular complexity index is 804. The summed E-state index contributed by atoms with van der Waals surface area (Å²) in [4.78, 5) is 0. The van der Waals surface area contributed by atoms with Gasteiger partial charge in [0.2, 0.25) is 12.2 Å². The molecule has 0 bridgehead atoms. The molecule has 1 aliphatic rings. The van der Waals surface area contributed by atoms with Crippen LogP contribution < -0.4 is 4.74 Å². The first-order chi connectivity index (χ1) is 12.8. The predicted octanol–water partition coefficient (Wildman–Crippen LogP) is 1.77. The van der Waals surface area contributed by atoms with Crippen molar-refractivity contribution >= 4 is 23.2 Å². The van der Waals surface area contributed by atoms with Crippen molar-refractivity contribution in [3.05, 3.63) is 45.1 Å². The van der Waals surface area contributed by atoms with E-state index in [0.29, 0.717) is 27.7 Å². The highest BCUT2D eigenvalue weighted by molar-refractivity contribution is 6.35. The van der Waals surface area contributed by atoms with Gasteiger partial charge in [-0.25, -0.2) is 4.39 Å². The van der Waals surface area contributed by atoms with Crippen molar-refractivity contribution in [2.75, 3.05) is 6.61 Å². The van der Waals surface area contributed by atoms with E-state index >= 15 is 0 Å². The molecule has 2 heterocycles. The predicted molar refractivity (Wildman–Crippen MR) is 95.9 cm³/mol. The maximum absolute atomic E-state index is 13.9. The zero-order valence-corrected chi connectivity index (χ0v) is 15.8. The number of aromatic amines is 1. The lowest BCUT2D eigenvalue weighted by molar-refractivity contribution is -0.265. The lowest BCUT2D eigenvalue weighted by Gasteiger charge is -2.38. The number of aliphatic hydroxyl groups is 3. The summed E-state index contributed by atoms with van der Waals surface area (Å²) in [5.41, 5.74) is 2.12. The molecule has 1 aromatic carbocycles. The van der Waals surface area contributed by atoms with Gasteiger partial charge in [0.05, 0.1) is 6.61 Å². The van der Waals surface area contributed by atoms with E-state index < -0.39 is 37.4 Å². The molecule has 3 rings (SSSR count). The van der Waals surface area contributed by atoms with Gasteiger partial charge < -0.3 is 24.8 Å². The number of aliphatic hydroxyl groups excluding tert-OH is 3. The van der Waals surface area contributed by atoms with Gasteiger partial charge in [0.1, 0.15) is 18.3 Å². The number of ether oxygens (including phenoxy) is 2. The molecule has 0 radical (unpaired) electrons. The monoisotopic (exact) mass is 420 g/mol. The van der Waals surface area contributed by atoms with Crippen LogP contribution in [0.3, 0.4) is 0 Å². The molecule has 0 saturated carbocycles. The quantitative estimate of drug-likeness (QED) is 0.586. The van der Waals surface area contributed by atoms with E-state index in [1.165, 1.54) is 0 Å². The van der Waals surface area contributed by atoms with Gasteiger partial charge in [-0.15, -0.1) is 5.10 Å². The van der Waals surface area contributed by atoms with E-state index in [0.717, 1.165) is 5.56 Å². The molecule has 5 atom stereocenters. The van der Waals surface area contributed by atoms with Crippen molar-refractivity contribution in [2.45, 2.75) is 44.1 Å². The highest BCUT2D eigenvalue weighted by Crippen LogP contribution is 2.31. The first-order valence-corrected chi connectivity index (χ1v) is 8.98. The summed E-state index contributed by atoms with van der Waals surface area (Å²) >= 11 is 12.1. The van der Waals surface area contributed by atoms with Crippen LogP contribution in [-0.2, 0) is 11.2 Å². The Labute approximate surface area is 164 Å². The van der Waals surface area contributed by atoms with Crippen LogP contribution in [0.1, 0.15) is 16.8 Å². The minimum Gasteiger partial charge on any atom is -0.443 e. The molecule has 2 aromatic rings. The van der Waals surface area contributed by atoms with Crippen LogP contribution in [0, 0.1) is 6.92 Å². The third-order valence-electron chi connectivity index (χ3n) is 4.45. The summed E-state index contributed by atoms with van der Waals surface area (Å²) in [6.07, 6.45) is -7.69. The number of nitrogens with one attached hydrogen (secondary N) is 1. The van der Waals surface area contributed by atoms with Crippen molar-refractivity contribution in [1.82, 2.24) is 10.2 Å². The van der Waals surface area contributed by atoms with Crippen LogP contribution in [0.25, 0.3) is 0 Å². The molecule has 10 heteroatoms. The highest BCUT2D eigenvalue weighted by Gasteiger charge is 2.46. The zero-order chi connectivity index (χ0) is 19.7. The summed E-state index contributed by atoms with van der Waals surface area (Å²) in [5, 5.41) is 36.8. The molecule has 1 aromatic heterocycles. The summed E-state index contributed by atoms with van der Waals surface area (Å²) in [5.74, 6) is 0.115. The van der Waals surface area contributed by atoms with E-state index in [1.54, 1.807) is 25.1 Å². The number of benzene rings is 1. The smallest absolute Gasteiger partial charge is 0.238 e. The summed E-state index contributed by atoms with van der Waals surface area (Å²) in [7, 11) is 0. The Balaban J connectivity index is 1.82. The molecule has 4 N–H and O–H groups in total. The number of rotatable bonds is 5. The van der Waals surface area contributed by atoms with Crippen LogP contribution in [0.2, 0.25) is 10.0 Å². The Morgan fingerprint density at radius 2 is 2.04 bits per heavy atom. The zero-order valence-electron chi connectivity index (χ0n) is 14.3. The number of halogens is 3. The van der Waals surface area contributed by atoms with Crippen molar-refractivity contribution in [1.29, 1.82) is 0 Å². The minimum atomic E-state index is -1.93. The van der Waals surface area contributed by atoms with Gasteiger partial charge in [-0.1, -0.05) is 29.3 Å². The third kappa shape index (κ3) is 4.21. The summed E-state index contributed by atoms with van der Waals surface area (Å²) < 4.78 is 24.7. The fourth-order valence-electron chi connectivity index (χ4n) is 2.84. The summed E-state index contributed by atoms with van der Waals surface area (Å²) in [6.45, 7) is 1.11. The minimum absolute atomic E-state index is 0.115. The Kier molecular flexibility index (Phi) is 6.25. The van der Waals surface area contributed by atoms with Crippen molar-refractivity contribution in [3.8, 4) is 5.88 Å². The Morgan fingerprint density at radius 3 is 2.70 bits per heavy atom. The molecule has 0 spiro atoms.